The highest BCUT2D eigenvalue weighted by Gasteiger charge is 2.09. The van der Waals surface area contributed by atoms with Crippen LogP contribution in [0.2, 0.25) is 0 Å². The lowest BCUT2D eigenvalue weighted by Crippen LogP contribution is -2.34. The van der Waals surface area contributed by atoms with Gasteiger partial charge in [0.05, 0.1) is 14.2 Å². The number of hydrogen-bond acceptors (Lipinski definition) is 6. The van der Waals surface area contributed by atoms with Crippen LogP contribution in [0.25, 0.3) is 0 Å². The third kappa shape index (κ3) is 7.15. The smallest absolute Gasteiger partial charge is 0.251 e. The van der Waals surface area contributed by atoms with Crippen molar-refractivity contribution < 1.29 is 19.1 Å². The second kappa shape index (κ2) is 12.4. The predicted molar refractivity (Wildman–Crippen MR) is 123 cm³/mol. The summed E-state index contributed by atoms with van der Waals surface area (Å²) in [5, 5.41) is 5.97. The lowest BCUT2D eigenvalue weighted by molar-refractivity contribution is 0.0948. The number of amides is 1. The van der Waals surface area contributed by atoms with Gasteiger partial charge in [0.15, 0.2) is 17.3 Å². The zero-order valence-corrected chi connectivity index (χ0v) is 18.6. The number of allylic oxidation sites excluding steroid dienone is 1. The lowest BCUT2D eigenvalue weighted by Gasteiger charge is -2.17. The Morgan fingerprint density at radius 1 is 0.935 bits per heavy atom. The van der Waals surface area contributed by atoms with Crippen molar-refractivity contribution in [1.82, 2.24) is 10.2 Å². The molecule has 2 N–H and O–H groups in total. The van der Waals surface area contributed by atoms with Crippen molar-refractivity contribution >= 4 is 17.4 Å². The fourth-order valence-corrected chi connectivity index (χ4v) is 2.99. The second-order valence-corrected chi connectivity index (χ2v) is 6.77. The van der Waals surface area contributed by atoms with E-state index in [9.17, 15) is 9.59 Å². The zero-order valence-electron chi connectivity index (χ0n) is 18.6. The van der Waals surface area contributed by atoms with E-state index in [4.69, 9.17) is 9.47 Å². The van der Waals surface area contributed by atoms with Gasteiger partial charge in [-0.3, -0.25) is 9.59 Å². The molecule has 0 unspecified atom stereocenters. The summed E-state index contributed by atoms with van der Waals surface area (Å²) in [6.45, 7) is 7.59. The van der Waals surface area contributed by atoms with Gasteiger partial charge in [0.2, 0.25) is 0 Å². The van der Waals surface area contributed by atoms with E-state index in [-0.39, 0.29) is 11.7 Å². The van der Waals surface area contributed by atoms with Crippen LogP contribution < -0.4 is 20.1 Å². The van der Waals surface area contributed by atoms with Crippen molar-refractivity contribution in [3.8, 4) is 11.5 Å². The van der Waals surface area contributed by atoms with Crippen molar-refractivity contribution in [3.05, 3.63) is 65.9 Å². The van der Waals surface area contributed by atoms with Crippen LogP contribution in [0.4, 0.5) is 5.69 Å². The molecule has 2 aromatic carbocycles. The van der Waals surface area contributed by atoms with E-state index in [0.29, 0.717) is 29.2 Å². The molecule has 31 heavy (non-hydrogen) atoms. The SMILES string of the molecule is CCN(CC)CCNC(=O)c1ccc(NC=CC(=O)c2ccc(OC)c(OC)c2)cc1. The highest BCUT2D eigenvalue weighted by atomic mass is 16.5. The zero-order chi connectivity index (χ0) is 22.6. The monoisotopic (exact) mass is 425 g/mol. The Bertz CT molecular complexity index is 890. The molecule has 1 amide bonds. The summed E-state index contributed by atoms with van der Waals surface area (Å²) >= 11 is 0. The van der Waals surface area contributed by atoms with Crippen molar-refractivity contribution in [3.63, 3.8) is 0 Å². The molecule has 0 aliphatic carbocycles. The van der Waals surface area contributed by atoms with Crippen LogP contribution >= 0.6 is 0 Å². The molecule has 0 bridgehead atoms. The topological polar surface area (TPSA) is 79.9 Å². The Hall–Kier alpha value is -3.32. The number of carbonyl (C=O) groups is 2. The van der Waals surface area contributed by atoms with Crippen molar-refractivity contribution in [1.29, 1.82) is 0 Å². The molecular weight excluding hydrogens is 394 g/mol. The Morgan fingerprint density at radius 3 is 2.19 bits per heavy atom. The van der Waals surface area contributed by atoms with E-state index in [1.807, 2.05) is 0 Å². The van der Waals surface area contributed by atoms with E-state index >= 15 is 0 Å². The number of methoxy groups -OCH3 is 2. The van der Waals surface area contributed by atoms with Gasteiger partial charge >= 0.3 is 0 Å². The summed E-state index contributed by atoms with van der Waals surface area (Å²) in [5.74, 6) is 0.800. The number of nitrogens with zero attached hydrogens (tertiary/aromatic N) is 1. The van der Waals surface area contributed by atoms with E-state index in [1.165, 1.54) is 13.2 Å². The van der Waals surface area contributed by atoms with Crippen LogP contribution in [0.3, 0.4) is 0 Å². The van der Waals surface area contributed by atoms with Crippen molar-refractivity contribution in [2.45, 2.75) is 13.8 Å². The van der Waals surface area contributed by atoms with Gasteiger partial charge in [-0.2, -0.15) is 0 Å². The number of benzene rings is 2. The second-order valence-electron chi connectivity index (χ2n) is 6.77. The largest absolute Gasteiger partial charge is 0.493 e. The molecule has 7 nitrogen and oxygen atoms in total. The van der Waals surface area contributed by atoms with Gasteiger partial charge in [-0.25, -0.2) is 0 Å². The standard InChI is InChI=1S/C24H31N3O4/c1-5-27(6-2)16-15-26-24(29)18-7-10-20(11-8-18)25-14-13-21(28)19-9-12-22(30-3)23(17-19)31-4/h7-14,17,25H,5-6,15-16H2,1-4H3,(H,26,29). The van der Waals surface area contributed by atoms with Gasteiger partial charge in [-0.15, -0.1) is 0 Å². The van der Waals surface area contributed by atoms with Crippen molar-refractivity contribution in [2.24, 2.45) is 0 Å². The maximum Gasteiger partial charge on any atom is 0.251 e. The quantitative estimate of drug-likeness (QED) is 0.400. The average Bonchev–Trinajstić information content (AvgIpc) is 2.81. The van der Waals surface area contributed by atoms with Gasteiger partial charge in [0.1, 0.15) is 0 Å². The van der Waals surface area contributed by atoms with Gasteiger partial charge in [-0.05, 0) is 55.6 Å². The summed E-state index contributed by atoms with van der Waals surface area (Å²) in [4.78, 5) is 26.9. The molecule has 0 fully saturated rings. The molecular formula is C24H31N3O4. The summed E-state index contributed by atoms with van der Waals surface area (Å²) in [6.07, 6.45) is 3.01. The Balaban J connectivity index is 1.88. The van der Waals surface area contributed by atoms with Crippen molar-refractivity contribution in [2.75, 3.05) is 45.7 Å². The van der Waals surface area contributed by atoms with E-state index in [0.717, 1.165) is 25.3 Å². The first-order valence-corrected chi connectivity index (χ1v) is 10.3. The summed E-state index contributed by atoms with van der Waals surface area (Å²) in [5.41, 5.74) is 1.86. The van der Waals surface area contributed by atoms with E-state index < -0.39 is 0 Å². The first kappa shape index (κ1) is 24.0. The summed E-state index contributed by atoms with van der Waals surface area (Å²) in [7, 11) is 3.07. The number of ether oxygens (including phenoxy) is 2. The Kier molecular flexibility index (Phi) is 9.58. The fourth-order valence-electron chi connectivity index (χ4n) is 2.99. The first-order valence-electron chi connectivity index (χ1n) is 10.3. The van der Waals surface area contributed by atoms with Gasteiger partial charge in [-0.1, -0.05) is 13.8 Å². The minimum atomic E-state index is -0.169. The van der Waals surface area contributed by atoms with Crippen LogP contribution in [0.15, 0.2) is 54.7 Å². The molecule has 0 aliphatic rings. The molecule has 0 heterocycles. The Labute approximate surface area is 184 Å². The molecule has 0 radical (unpaired) electrons. The molecule has 166 valence electrons. The van der Waals surface area contributed by atoms with Gasteiger partial charge in [0.25, 0.3) is 5.91 Å². The first-order chi connectivity index (χ1) is 15.0. The minimum Gasteiger partial charge on any atom is -0.493 e. The number of anilines is 1. The number of hydrogen-bond donors (Lipinski definition) is 2. The number of rotatable bonds is 12. The van der Waals surface area contributed by atoms with Crippen LogP contribution in [-0.2, 0) is 0 Å². The fraction of sp³-hybridized carbons (Fsp3) is 0.333. The van der Waals surface area contributed by atoms with Crippen LogP contribution in [-0.4, -0.2) is 57.0 Å². The third-order valence-electron chi connectivity index (χ3n) is 4.91. The number of ketones is 1. The Morgan fingerprint density at radius 2 is 1.58 bits per heavy atom. The molecule has 2 rings (SSSR count). The predicted octanol–water partition coefficient (Wildman–Crippen LogP) is 3.58. The van der Waals surface area contributed by atoms with Crippen LogP contribution in [0.5, 0.6) is 11.5 Å². The molecule has 0 aromatic heterocycles. The minimum absolute atomic E-state index is 0.0992. The van der Waals surface area contributed by atoms with Gasteiger partial charge < -0.3 is 25.0 Å². The van der Waals surface area contributed by atoms with Crippen LogP contribution in [0, 0.1) is 0 Å². The van der Waals surface area contributed by atoms with E-state index in [2.05, 4.69) is 29.4 Å². The molecule has 0 saturated carbocycles. The molecule has 7 heteroatoms. The highest BCUT2D eigenvalue weighted by Crippen LogP contribution is 2.27. The molecule has 0 spiro atoms. The maximum atomic E-state index is 12.4. The molecule has 0 atom stereocenters. The highest BCUT2D eigenvalue weighted by molar-refractivity contribution is 6.05. The lowest BCUT2D eigenvalue weighted by atomic mass is 10.1. The molecule has 0 saturated heterocycles. The van der Waals surface area contributed by atoms with Crippen LogP contribution in [0.1, 0.15) is 34.6 Å². The van der Waals surface area contributed by atoms with Gasteiger partial charge in [0, 0.05) is 42.2 Å². The summed E-state index contributed by atoms with van der Waals surface area (Å²) in [6, 6.07) is 12.1. The third-order valence-corrected chi connectivity index (χ3v) is 4.91. The average molecular weight is 426 g/mol. The number of carbonyl (C=O) groups excluding carboxylic acids is 2. The number of nitrogens with one attached hydrogen (secondary N) is 2. The maximum absolute atomic E-state index is 12.4. The molecule has 2 aromatic rings. The number of likely N-dealkylation sites (N-methyl/N-ethyl adjacent to an activating group) is 1. The normalized spacial score (nSPS) is 10.9. The summed E-state index contributed by atoms with van der Waals surface area (Å²) < 4.78 is 10.4. The molecule has 0 aliphatic heterocycles. The van der Waals surface area contributed by atoms with E-state index in [1.54, 1.807) is 55.8 Å².